The second-order valence-corrected chi connectivity index (χ2v) is 5.11. The van der Waals surface area contributed by atoms with Crippen molar-refractivity contribution in [1.29, 1.82) is 0 Å². The third-order valence-electron chi connectivity index (χ3n) is 2.50. The molecule has 0 amide bonds. The average molecular weight is 279 g/mol. The van der Waals surface area contributed by atoms with E-state index in [-0.39, 0.29) is 12.0 Å². The minimum Gasteiger partial charge on any atom is -0.368 e. The van der Waals surface area contributed by atoms with Crippen LogP contribution in [-0.4, -0.2) is 34.0 Å². The summed E-state index contributed by atoms with van der Waals surface area (Å²) in [4.78, 5) is 18.6. The van der Waals surface area contributed by atoms with Crippen LogP contribution in [0.15, 0.2) is 11.6 Å². The molecule has 2 rings (SSSR count). The number of anilines is 3. The van der Waals surface area contributed by atoms with E-state index in [1.165, 1.54) is 0 Å². The van der Waals surface area contributed by atoms with E-state index in [2.05, 4.69) is 32.2 Å². The zero-order chi connectivity index (χ0) is 13.8. The molecule has 8 heteroatoms. The summed E-state index contributed by atoms with van der Waals surface area (Å²) in [7, 11) is 3.72. The van der Waals surface area contributed by atoms with E-state index in [0.29, 0.717) is 11.9 Å². The minimum atomic E-state index is 0.0804. The van der Waals surface area contributed by atoms with Crippen LogP contribution < -0.4 is 16.0 Å². The monoisotopic (exact) mass is 279 g/mol. The largest absolute Gasteiger partial charge is 0.368 e. The lowest BCUT2D eigenvalue weighted by molar-refractivity contribution is 0.729. The second-order valence-electron chi connectivity index (χ2n) is 4.19. The van der Waals surface area contributed by atoms with Crippen molar-refractivity contribution in [2.45, 2.75) is 19.4 Å². The average Bonchev–Trinajstić information content (AvgIpc) is 2.89. The quantitative estimate of drug-likeness (QED) is 0.857. The minimum absolute atomic E-state index is 0.0804. The molecule has 2 aromatic heterocycles. The summed E-state index contributed by atoms with van der Waals surface area (Å²) in [6.07, 6.45) is 2.67. The first-order chi connectivity index (χ1) is 9.10. The van der Waals surface area contributed by atoms with Gasteiger partial charge in [-0.3, -0.25) is 0 Å². The fraction of sp³-hybridized carbons (Fsp3) is 0.455. The molecule has 0 saturated carbocycles. The number of nitrogens with zero attached hydrogens (tertiary/aromatic N) is 5. The molecule has 0 spiro atoms. The molecule has 2 heterocycles. The molecule has 0 aliphatic heterocycles. The van der Waals surface area contributed by atoms with E-state index >= 15 is 0 Å². The number of hydrogen-bond donors (Lipinski definition) is 2. The molecular weight excluding hydrogens is 262 g/mol. The molecule has 7 nitrogen and oxygen atoms in total. The predicted molar refractivity (Wildman–Crippen MR) is 77.3 cm³/mol. The number of nitrogen functional groups attached to an aromatic ring is 1. The highest BCUT2D eigenvalue weighted by Crippen LogP contribution is 2.23. The van der Waals surface area contributed by atoms with E-state index in [4.69, 9.17) is 5.73 Å². The molecular formula is C11H17N7S. The van der Waals surface area contributed by atoms with E-state index in [9.17, 15) is 0 Å². The van der Waals surface area contributed by atoms with Gasteiger partial charge in [0.15, 0.2) is 0 Å². The van der Waals surface area contributed by atoms with Gasteiger partial charge in [0.05, 0.1) is 6.04 Å². The second kappa shape index (κ2) is 5.79. The third kappa shape index (κ3) is 3.28. The topological polar surface area (TPSA) is 92.8 Å². The Labute approximate surface area is 115 Å². The fourth-order valence-electron chi connectivity index (χ4n) is 1.55. The molecule has 0 aliphatic rings. The molecule has 0 aromatic carbocycles. The Bertz CT molecular complexity index is 526. The van der Waals surface area contributed by atoms with Gasteiger partial charge in [-0.05, 0) is 6.42 Å². The summed E-state index contributed by atoms with van der Waals surface area (Å²) in [5, 5.41) is 6.20. The zero-order valence-electron chi connectivity index (χ0n) is 11.2. The van der Waals surface area contributed by atoms with Gasteiger partial charge in [0, 0.05) is 25.7 Å². The lowest BCUT2D eigenvalue weighted by Crippen LogP contribution is -2.18. The first kappa shape index (κ1) is 13.5. The fourth-order valence-corrected chi connectivity index (χ4v) is 2.32. The molecule has 102 valence electrons. The highest BCUT2D eigenvalue weighted by Gasteiger charge is 2.14. The Balaban J connectivity index is 2.22. The van der Waals surface area contributed by atoms with Gasteiger partial charge < -0.3 is 16.0 Å². The van der Waals surface area contributed by atoms with Crippen molar-refractivity contribution >= 4 is 29.2 Å². The number of hydrogen-bond acceptors (Lipinski definition) is 8. The van der Waals surface area contributed by atoms with E-state index in [1.54, 1.807) is 22.4 Å². The number of nitrogens with one attached hydrogen (secondary N) is 1. The van der Waals surface area contributed by atoms with Crippen molar-refractivity contribution < 1.29 is 0 Å². The Kier molecular flexibility index (Phi) is 4.10. The van der Waals surface area contributed by atoms with Gasteiger partial charge in [-0.1, -0.05) is 6.92 Å². The van der Waals surface area contributed by atoms with Gasteiger partial charge in [0.2, 0.25) is 17.8 Å². The van der Waals surface area contributed by atoms with Gasteiger partial charge in [0.1, 0.15) is 5.01 Å². The van der Waals surface area contributed by atoms with Crippen molar-refractivity contribution in [3.8, 4) is 0 Å². The number of nitrogens with two attached hydrogens (primary N) is 1. The summed E-state index contributed by atoms with van der Waals surface area (Å²) in [5.41, 5.74) is 5.69. The van der Waals surface area contributed by atoms with Crippen LogP contribution in [0.5, 0.6) is 0 Å². The standard InChI is InChI=1S/C11H17N7S/c1-4-7(8-13-5-6-19-8)14-10-15-9(12)16-11(17-10)18(2)3/h5-7H,4H2,1-3H3,(H3,12,14,15,16,17). The van der Waals surface area contributed by atoms with Crippen molar-refractivity contribution in [1.82, 2.24) is 19.9 Å². The maximum Gasteiger partial charge on any atom is 0.231 e. The van der Waals surface area contributed by atoms with Crippen LogP contribution in [0.2, 0.25) is 0 Å². The molecule has 2 aromatic rings. The van der Waals surface area contributed by atoms with Gasteiger partial charge in [-0.2, -0.15) is 15.0 Å². The lowest BCUT2D eigenvalue weighted by Gasteiger charge is -2.16. The van der Waals surface area contributed by atoms with Gasteiger partial charge in [-0.25, -0.2) is 4.98 Å². The third-order valence-corrected chi connectivity index (χ3v) is 3.39. The molecule has 1 atom stereocenters. The first-order valence-corrected chi connectivity index (χ1v) is 6.83. The summed E-state index contributed by atoms with van der Waals surface area (Å²) in [5.74, 6) is 1.21. The summed E-state index contributed by atoms with van der Waals surface area (Å²) < 4.78 is 0. The molecule has 0 radical (unpaired) electrons. The molecule has 3 N–H and O–H groups in total. The number of rotatable bonds is 5. The van der Waals surface area contributed by atoms with E-state index in [1.807, 2.05) is 19.5 Å². The Morgan fingerprint density at radius 3 is 2.74 bits per heavy atom. The highest BCUT2D eigenvalue weighted by molar-refractivity contribution is 7.09. The Hall–Kier alpha value is -1.96. The van der Waals surface area contributed by atoms with Gasteiger partial charge in [-0.15, -0.1) is 11.3 Å². The van der Waals surface area contributed by atoms with Crippen LogP contribution in [0.3, 0.4) is 0 Å². The summed E-state index contributed by atoms with van der Waals surface area (Å²) in [6.45, 7) is 2.08. The van der Waals surface area contributed by atoms with Crippen molar-refractivity contribution in [3.05, 3.63) is 16.6 Å². The van der Waals surface area contributed by atoms with Gasteiger partial charge in [0.25, 0.3) is 0 Å². The predicted octanol–water partition coefficient (Wildman–Crippen LogP) is 1.54. The van der Waals surface area contributed by atoms with Crippen LogP contribution in [0, 0.1) is 0 Å². The molecule has 1 unspecified atom stereocenters. The maximum absolute atomic E-state index is 5.69. The number of thiazole rings is 1. The van der Waals surface area contributed by atoms with Crippen molar-refractivity contribution in [3.63, 3.8) is 0 Å². The molecule has 0 saturated heterocycles. The Morgan fingerprint density at radius 1 is 1.37 bits per heavy atom. The highest BCUT2D eigenvalue weighted by atomic mass is 32.1. The van der Waals surface area contributed by atoms with Crippen LogP contribution in [0.4, 0.5) is 17.8 Å². The molecule has 0 bridgehead atoms. The smallest absolute Gasteiger partial charge is 0.231 e. The summed E-state index contributed by atoms with van der Waals surface area (Å²) >= 11 is 1.60. The van der Waals surface area contributed by atoms with Crippen LogP contribution in [0.1, 0.15) is 24.4 Å². The van der Waals surface area contributed by atoms with Crippen molar-refractivity contribution in [2.24, 2.45) is 0 Å². The van der Waals surface area contributed by atoms with Crippen LogP contribution in [-0.2, 0) is 0 Å². The maximum atomic E-state index is 5.69. The number of aromatic nitrogens is 4. The Morgan fingerprint density at radius 2 is 2.16 bits per heavy atom. The van der Waals surface area contributed by atoms with Crippen LogP contribution in [0.25, 0.3) is 0 Å². The van der Waals surface area contributed by atoms with E-state index < -0.39 is 0 Å². The summed E-state index contributed by atoms with van der Waals surface area (Å²) in [6, 6.07) is 0.0804. The van der Waals surface area contributed by atoms with E-state index in [0.717, 1.165) is 11.4 Å². The molecule has 19 heavy (non-hydrogen) atoms. The lowest BCUT2D eigenvalue weighted by atomic mass is 10.2. The van der Waals surface area contributed by atoms with Crippen molar-refractivity contribution in [2.75, 3.05) is 30.0 Å². The van der Waals surface area contributed by atoms with Gasteiger partial charge >= 0.3 is 0 Å². The normalized spacial score (nSPS) is 12.2. The molecule has 0 aliphatic carbocycles. The molecule has 0 fully saturated rings. The first-order valence-electron chi connectivity index (χ1n) is 5.95. The zero-order valence-corrected chi connectivity index (χ0v) is 12.0. The van der Waals surface area contributed by atoms with Crippen LogP contribution >= 0.6 is 11.3 Å². The SMILES string of the molecule is CCC(Nc1nc(N)nc(N(C)C)n1)c1nccs1.